The maximum atomic E-state index is 12.1. The molecule has 110 valence electrons. The third-order valence-corrected chi connectivity index (χ3v) is 3.04. The molecule has 0 bridgehead atoms. The van der Waals surface area contributed by atoms with E-state index in [9.17, 15) is 18.0 Å². The van der Waals surface area contributed by atoms with E-state index < -0.39 is 6.36 Å². The average molecular weight is 294 g/mol. The SMILES string of the molecule is CC(=O)c1cc(-c2ccc(OC(F)(F)F)cc2)ccc1C. The van der Waals surface area contributed by atoms with Gasteiger partial charge in [-0.15, -0.1) is 13.2 Å². The molecule has 2 aromatic rings. The number of rotatable bonds is 3. The zero-order valence-electron chi connectivity index (χ0n) is 11.5. The van der Waals surface area contributed by atoms with Crippen LogP contribution in [0.25, 0.3) is 11.1 Å². The minimum atomic E-state index is -4.70. The van der Waals surface area contributed by atoms with Crippen LogP contribution in [0.3, 0.4) is 0 Å². The highest BCUT2D eigenvalue weighted by molar-refractivity contribution is 5.96. The molecule has 0 aliphatic heterocycles. The van der Waals surface area contributed by atoms with Crippen molar-refractivity contribution in [3.05, 3.63) is 53.6 Å². The summed E-state index contributed by atoms with van der Waals surface area (Å²) in [5.41, 5.74) is 2.95. The van der Waals surface area contributed by atoms with Crippen LogP contribution in [-0.4, -0.2) is 12.1 Å². The van der Waals surface area contributed by atoms with Crippen LogP contribution in [0.15, 0.2) is 42.5 Å². The summed E-state index contributed by atoms with van der Waals surface area (Å²) in [6.45, 7) is 3.31. The zero-order valence-corrected chi connectivity index (χ0v) is 11.5. The van der Waals surface area contributed by atoms with Gasteiger partial charge in [0.2, 0.25) is 0 Å². The molecule has 0 saturated carbocycles. The summed E-state index contributed by atoms with van der Waals surface area (Å²) in [6.07, 6.45) is -4.70. The molecule has 0 unspecified atom stereocenters. The second kappa shape index (κ2) is 5.60. The van der Waals surface area contributed by atoms with E-state index in [4.69, 9.17) is 0 Å². The summed E-state index contributed by atoms with van der Waals surface area (Å²) in [6, 6.07) is 10.9. The molecular weight excluding hydrogens is 281 g/mol. The van der Waals surface area contributed by atoms with Gasteiger partial charge in [0.05, 0.1) is 0 Å². The van der Waals surface area contributed by atoms with Crippen LogP contribution < -0.4 is 4.74 Å². The number of ether oxygens (including phenoxy) is 1. The Morgan fingerprint density at radius 3 is 2.10 bits per heavy atom. The van der Waals surface area contributed by atoms with Gasteiger partial charge in [-0.3, -0.25) is 4.79 Å². The summed E-state index contributed by atoms with van der Waals surface area (Å²) >= 11 is 0. The normalized spacial score (nSPS) is 11.3. The molecule has 2 nitrogen and oxygen atoms in total. The standard InChI is InChI=1S/C16H13F3O2/c1-10-3-4-13(9-15(10)11(2)20)12-5-7-14(8-6-12)21-16(17,18)19/h3-9H,1-2H3. The molecule has 0 saturated heterocycles. The van der Waals surface area contributed by atoms with Crippen LogP contribution in [0.1, 0.15) is 22.8 Å². The summed E-state index contributed by atoms with van der Waals surface area (Å²) in [7, 11) is 0. The third kappa shape index (κ3) is 3.84. The number of carbonyl (C=O) groups excluding carboxylic acids is 1. The van der Waals surface area contributed by atoms with E-state index >= 15 is 0 Å². The number of hydrogen-bond acceptors (Lipinski definition) is 2. The van der Waals surface area contributed by atoms with Crippen molar-refractivity contribution in [3.8, 4) is 16.9 Å². The maximum absolute atomic E-state index is 12.1. The Hall–Kier alpha value is -2.30. The Kier molecular flexibility index (Phi) is 4.02. The predicted octanol–water partition coefficient (Wildman–Crippen LogP) is 4.76. The number of ketones is 1. The monoisotopic (exact) mass is 294 g/mol. The first kappa shape index (κ1) is 15.1. The lowest BCUT2D eigenvalue weighted by atomic mass is 9.98. The van der Waals surface area contributed by atoms with Crippen molar-refractivity contribution in [1.82, 2.24) is 0 Å². The third-order valence-electron chi connectivity index (χ3n) is 3.04. The van der Waals surface area contributed by atoms with E-state index in [1.54, 1.807) is 6.07 Å². The Morgan fingerprint density at radius 1 is 1.00 bits per heavy atom. The maximum Gasteiger partial charge on any atom is 0.573 e. The number of hydrogen-bond donors (Lipinski definition) is 0. The molecule has 0 aromatic heterocycles. The average Bonchev–Trinajstić information content (AvgIpc) is 2.38. The van der Waals surface area contributed by atoms with Crippen molar-refractivity contribution in [2.24, 2.45) is 0 Å². The number of alkyl halides is 3. The van der Waals surface area contributed by atoms with E-state index in [0.717, 1.165) is 11.1 Å². The minimum Gasteiger partial charge on any atom is -0.406 e. The molecule has 21 heavy (non-hydrogen) atoms. The molecule has 0 N–H and O–H groups in total. The van der Waals surface area contributed by atoms with Gasteiger partial charge < -0.3 is 4.74 Å². The number of Topliss-reactive ketones (excluding diaryl/α,β-unsaturated/α-hetero) is 1. The van der Waals surface area contributed by atoms with Crippen LogP contribution in [0.2, 0.25) is 0 Å². The van der Waals surface area contributed by atoms with E-state index in [1.165, 1.54) is 31.2 Å². The quantitative estimate of drug-likeness (QED) is 0.763. The highest BCUT2D eigenvalue weighted by atomic mass is 19.4. The molecule has 0 aliphatic rings. The van der Waals surface area contributed by atoms with Gasteiger partial charge in [-0.25, -0.2) is 0 Å². The fraction of sp³-hybridized carbons (Fsp3) is 0.188. The van der Waals surface area contributed by atoms with Crippen LogP contribution in [0, 0.1) is 6.92 Å². The highest BCUT2D eigenvalue weighted by Crippen LogP contribution is 2.27. The van der Waals surface area contributed by atoms with Gasteiger partial charge in [0.25, 0.3) is 0 Å². The molecule has 5 heteroatoms. The van der Waals surface area contributed by atoms with Crippen molar-refractivity contribution < 1.29 is 22.7 Å². The second-order valence-corrected chi connectivity index (χ2v) is 4.66. The fourth-order valence-electron chi connectivity index (χ4n) is 2.03. The highest BCUT2D eigenvalue weighted by Gasteiger charge is 2.30. The van der Waals surface area contributed by atoms with Crippen LogP contribution in [0.4, 0.5) is 13.2 Å². The van der Waals surface area contributed by atoms with Crippen molar-refractivity contribution in [2.45, 2.75) is 20.2 Å². The smallest absolute Gasteiger partial charge is 0.406 e. The number of halogens is 3. The first-order valence-electron chi connectivity index (χ1n) is 6.24. The molecule has 0 spiro atoms. The number of aryl methyl sites for hydroxylation is 1. The van der Waals surface area contributed by atoms with Gasteiger partial charge in [0.1, 0.15) is 5.75 Å². The summed E-state index contributed by atoms with van der Waals surface area (Å²) < 4.78 is 40.1. The van der Waals surface area contributed by atoms with E-state index in [1.807, 2.05) is 19.1 Å². The predicted molar refractivity (Wildman–Crippen MR) is 73.3 cm³/mol. The molecule has 0 heterocycles. The van der Waals surface area contributed by atoms with E-state index in [0.29, 0.717) is 11.1 Å². The molecular formula is C16H13F3O2. The number of carbonyl (C=O) groups is 1. The van der Waals surface area contributed by atoms with Crippen LogP contribution >= 0.6 is 0 Å². The topological polar surface area (TPSA) is 26.3 Å². The van der Waals surface area contributed by atoms with Gasteiger partial charge in [-0.1, -0.05) is 24.3 Å². The lowest BCUT2D eigenvalue weighted by Crippen LogP contribution is -2.16. The Bertz CT molecular complexity index is 658. The van der Waals surface area contributed by atoms with Gasteiger partial charge in [0.15, 0.2) is 5.78 Å². The Morgan fingerprint density at radius 2 is 1.57 bits per heavy atom. The zero-order chi connectivity index (χ0) is 15.6. The Balaban J connectivity index is 2.31. The molecule has 0 aliphatic carbocycles. The van der Waals surface area contributed by atoms with Crippen molar-refractivity contribution >= 4 is 5.78 Å². The second-order valence-electron chi connectivity index (χ2n) is 4.66. The van der Waals surface area contributed by atoms with E-state index in [-0.39, 0.29) is 11.5 Å². The summed E-state index contributed by atoms with van der Waals surface area (Å²) in [5, 5.41) is 0. The molecule has 0 atom stereocenters. The van der Waals surface area contributed by atoms with Crippen LogP contribution in [-0.2, 0) is 0 Å². The first-order chi connectivity index (χ1) is 9.76. The largest absolute Gasteiger partial charge is 0.573 e. The van der Waals surface area contributed by atoms with Gasteiger partial charge in [0, 0.05) is 5.56 Å². The van der Waals surface area contributed by atoms with Crippen molar-refractivity contribution in [3.63, 3.8) is 0 Å². The van der Waals surface area contributed by atoms with Crippen LogP contribution in [0.5, 0.6) is 5.75 Å². The first-order valence-corrected chi connectivity index (χ1v) is 6.24. The number of benzene rings is 2. The summed E-state index contributed by atoms with van der Waals surface area (Å²) in [5.74, 6) is -0.323. The Labute approximate surface area is 120 Å². The molecule has 2 aromatic carbocycles. The molecule has 2 rings (SSSR count). The van der Waals surface area contributed by atoms with Gasteiger partial charge >= 0.3 is 6.36 Å². The van der Waals surface area contributed by atoms with Crippen molar-refractivity contribution in [2.75, 3.05) is 0 Å². The lowest BCUT2D eigenvalue weighted by molar-refractivity contribution is -0.274. The van der Waals surface area contributed by atoms with Gasteiger partial charge in [-0.2, -0.15) is 0 Å². The van der Waals surface area contributed by atoms with Crippen molar-refractivity contribution in [1.29, 1.82) is 0 Å². The molecule has 0 fully saturated rings. The fourth-order valence-corrected chi connectivity index (χ4v) is 2.03. The summed E-state index contributed by atoms with van der Waals surface area (Å²) in [4.78, 5) is 11.5. The molecule has 0 amide bonds. The minimum absolute atomic E-state index is 0.0497. The molecule has 0 radical (unpaired) electrons. The lowest BCUT2D eigenvalue weighted by Gasteiger charge is -2.10. The van der Waals surface area contributed by atoms with Gasteiger partial charge in [-0.05, 0) is 48.7 Å². The van der Waals surface area contributed by atoms with E-state index in [2.05, 4.69) is 4.74 Å².